The van der Waals surface area contributed by atoms with Crippen LogP contribution >= 0.6 is 0 Å². The Morgan fingerprint density at radius 3 is 2.33 bits per heavy atom. The summed E-state index contributed by atoms with van der Waals surface area (Å²) in [4.78, 5) is 12.5. The van der Waals surface area contributed by atoms with Crippen molar-refractivity contribution in [2.24, 2.45) is 34.8 Å². The molecule has 1 amide bonds. The number of nitrogens with one attached hydrogen (secondary N) is 1. The molecule has 0 spiro atoms. The summed E-state index contributed by atoms with van der Waals surface area (Å²) in [6.45, 7) is 9.78. The van der Waals surface area contributed by atoms with Crippen molar-refractivity contribution in [3.8, 4) is 0 Å². The van der Waals surface area contributed by atoms with E-state index < -0.39 is 0 Å². The number of nitrogens with two attached hydrogens (primary N) is 1. The van der Waals surface area contributed by atoms with E-state index in [2.05, 4.69) is 33.0 Å². The van der Waals surface area contributed by atoms with E-state index in [9.17, 15) is 4.79 Å². The first kappa shape index (κ1) is 16.8. The third-order valence-corrected chi connectivity index (χ3v) is 5.49. The molecule has 0 radical (unpaired) electrons. The highest BCUT2D eigenvalue weighted by atomic mass is 16.1. The molecule has 2 rings (SSSR count). The molecular formula is C18H34N2O. The Balaban J connectivity index is 1.84. The second-order valence-electron chi connectivity index (χ2n) is 8.68. The molecular weight excluding hydrogens is 260 g/mol. The van der Waals surface area contributed by atoms with Gasteiger partial charge in [0.1, 0.15) is 0 Å². The zero-order valence-corrected chi connectivity index (χ0v) is 14.3. The number of amides is 1. The van der Waals surface area contributed by atoms with E-state index in [1.807, 2.05) is 0 Å². The smallest absolute Gasteiger partial charge is 0.223 e. The van der Waals surface area contributed by atoms with Crippen LogP contribution in [0, 0.1) is 29.1 Å². The lowest BCUT2D eigenvalue weighted by Crippen LogP contribution is -2.49. The molecule has 2 aliphatic rings. The van der Waals surface area contributed by atoms with Crippen LogP contribution < -0.4 is 11.1 Å². The molecule has 2 saturated carbocycles. The van der Waals surface area contributed by atoms with Gasteiger partial charge < -0.3 is 11.1 Å². The van der Waals surface area contributed by atoms with Crippen molar-refractivity contribution in [1.82, 2.24) is 5.32 Å². The highest BCUT2D eigenvalue weighted by molar-refractivity contribution is 5.78. The summed E-state index contributed by atoms with van der Waals surface area (Å²) < 4.78 is 0. The lowest BCUT2D eigenvalue weighted by atomic mass is 9.65. The predicted molar refractivity (Wildman–Crippen MR) is 87.8 cm³/mol. The fourth-order valence-electron chi connectivity index (χ4n) is 4.65. The van der Waals surface area contributed by atoms with Crippen molar-refractivity contribution in [1.29, 1.82) is 0 Å². The highest BCUT2D eigenvalue weighted by Gasteiger charge is 2.40. The third kappa shape index (κ3) is 4.45. The molecule has 0 saturated heterocycles. The quantitative estimate of drug-likeness (QED) is 0.817. The third-order valence-electron chi connectivity index (χ3n) is 5.49. The minimum Gasteiger partial charge on any atom is -0.355 e. The first-order chi connectivity index (χ1) is 9.78. The Labute approximate surface area is 130 Å². The highest BCUT2D eigenvalue weighted by Crippen LogP contribution is 2.42. The van der Waals surface area contributed by atoms with E-state index in [4.69, 9.17) is 5.73 Å². The number of hydrogen-bond acceptors (Lipinski definition) is 2. The summed E-state index contributed by atoms with van der Waals surface area (Å²) in [7, 11) is 0. The van der Waals surface area contributed by atoms with Crippen LogP contribution in [0.4, 0.5) is 0 Å². The molecule has 2 atom stereocenters. The Morgan fingerprint density at radius 2 is 1.81 bits per heavy atom. The maximum atomic E-state index is 12.5. The average Bonchev–Trinajstić information content (AvgIpc) is 2.34. The van der Waals surface area contributed by atoms with Crippen molar-refractivity contribution in [2.45, 2.75) is 72.3 Å². The SMILES string of the molecule is CC(C)CC(C)(C)CNC(=O)C1CC2CCCC(C1)C2N. The van der Waals surface area contributed by atoms with Crippen LogP contribution in [0.25, 0.3) is 0 Å². The fraction of sp³-hybridized carbons (Fsp3) is 0.944. The minimum atomic E-state index is 0.185. The van der Waals surface area contributed by atoms with Crippen molar-refractivity contribution in [2.75, 3.05) is 6.54 Å². The largest absolute Gasteiger partial charge is 0.355 e. The van der Waals surface area contributed by atoms with Gasteiger partial charge in [0.2, 0.25) is 5.91 Å². The van der Waals surface area contributed by atoms with Crippen LogP contribution in [0.3, 0.4) is 0 Å². The molecule has 2 fully saturated rings. The van der Waals surface area contributed by atoms with Crippen molar-refractivity contribution >= 4 is 5.91 Å². The molecule has 2 aliphatic carbocycles. The van der Waals surface area contributed by atoms with Gasteiger partial charge in [0.25, 0.3) is 0 Å². The fourth-order valence-corrected chi connectivity index (χ4v) is 4.65. The van der Waals surface area contributed by atoms with Crippen molar-refractivity contribution in [3.05, 3.63) is 0 Å². The number of carbonyl (C=O) groups excluding carboxylic acids is 1. The summed E-state index contributed by atoms with van der Waals surface area (Å²) >= 11 is 0. The van der Waals surface area contributed by atoms with Crippen LogP contribution in [0.5, 0.6) is 0 Å². The standard InChI is InChI=1S/C18H34N2O/c1-12(2)10-18(3,4)11-20-17(21)15-8-13-6-5-7-14(9-15)16(13)19/h12-16H,5-11,19H2,1-4H3,(H,20,21). The molecule has 0 aromatic carbocycles. The van der Waals surface area contributed by atoms with Crippen LogP contribution in [0.2, 0.25) is 0 Å². The Hall–Kier alpha value is -0.570. The number of rotatable bonds is 5. The van der Waals surface area contributed by atoms with Crippen LogP contribution in [0.1, 0.15) is 66.2 Å². The van der Waals surface area contributed by atoms with E-state index in [-0.39, 0.29) is 17.2 Å². The second-order valence-corrected chi connectivity index (χ2v) is 8.68. The summed E-state index contributed by atoms with van der Waals surface area (Å²) in [6.07, 6.45) is 6.91. The lowest BCUT2D eigenvalue weighted by molar-refractivity contribution is -0.128. The van der Waals surface area contributed by atoms with E-state index in [1.165, 1.54) is 19.3 Å². The van der Waals surface area contributed by atoms with Gasteiger partial charge in [-0.05, 0) is 55.3 Å². The number of fused-ring (bicyclic) bond motifs is 2. The van der Waals surface area contributed by atoms with E-state index in [0.717, 1.165) is 25.8 Å². The summed E-state index contributed by atoms with van der Waals surface area (Å²) in [6, 6.07) is 0.347. The summed E-state index contributed by atoms with van der Waals surface area (Å²) in [5.41, 5.74) is 6.50. The molecule has 2 bridgehead atoms. The molecule has 122 valence electrons. The van der Waals surface area contributed by atoms with Gasteiger partial charge in [-0.25, -0.2) is 0 Å². The molecule has 0 aromatic rings. The van der Waals surface area contributed by atoms with Gasteiger partial charge in [0.15, 0.2) is 0 Å². The first-order valence-electron chi connectivity index (χ1n) is 8.82. The zero-order valence-electron chi connectivity index (χ0n) is 14.3. The number of carbonyl (C=O) groups is 1. The summed E-state index contributed by atoms with van der Waals surface area (Å²) in [5, 5.41) is 3.22. The van der Waals surface area contributed by atoms with Crippen molar-refractivity contribution in [3.63, 3.8) is 0 Å². The minimum absolute atomic E-state index is 0.185. The van der Waals surface area contributed by atoms with Gasteiger partial charge in [-0.2, -0.15) is 0 Å². The van der Waals surface area contributed by atoms with Crippen molar-refractivity contribution < 1.29 is 4.79 Å². The molecule has 0 aliphatic heterocycles. The monoisotopic (exact) mass is 294 g/mol. The normalized spacial score (nSPS) is 33.0. The maximum absolute atomic E-state index is 12.5. The first-order valence-corrected chi connectivity index (χ1v) is 8.82. The topological polar surface area (TPSA) is 55.1 Å². The molecule has 0 heterocycles. The lowest BCUT2D eigenvalue weighted by Gasteiger charge is -2.43. The van der Waals surface area contributed by atoms with Crippen LogP contribution in [-0.4, -0.2) is 18.5 Å². The molecule has 0 aromatic heterocycles. The van der Waals surface area contributed by atoms with Gasteiger partial charge in [-0.1, -0.05) is 34.1 Å². The van der Waals surface area contributed by atoms with Crippen LogP contribution in [-0.2, 0) is 4.79 Å². The van der Waals surface area contributed by atoms with Gasteiger partial charge in [-0.3, -0.25) is 4.79 Å². The van der Waals surface area contributed by atoms with Gasteiger partial charge in [0, 0.05) is 18.5 Å². The van der Waals surface area contributed by atoms with E-state index in [0.29, 0.717) is 23.8 Å². The predicted octanol–water partition coefficient (Wildman–Crippen LogP) is 3.33. The van der Waals surface area contributed by atoms with Gasteiger partial charge in [0.05, 0.1) is 0 Å². The van der Waals surface area contributed by atoms with Gasteiger partial charge in [-0.15, -0.1) is 0 Å². The molecule has 3 heteroatoms. The Bertz CT molecular complexity index is 350. The second kappa shape index (κ2) is 6.68. The van der Waals surface area contributed by atoms with Gasteiger partial charge >= 0.3 is 0 Å². The molecule has 3 nitrogen and oxygen atoms in total. The summed E-state index contributed by atoms with van der Waals surface area (Å²) in [5.74, 6) is 2.31. The number of hydrogen-bond donors (Lipinski definition) is 2. The average molecular weight is 294 g/mol. The van der Waals surface area contributed by atoms with E-state index in [1.54, 1.807) is 0 Å². The Kier molecular flexibility index (Phi) is 5.34. The maximum Gasteiger partial charge on any atom is 0.223 e. The molecule has 21 heavy (non-hydrogen) atoms. The van der Waals surface area contributed by atoms with Crippen LogP contribution in [0.15, 0.2) is 0 Å². The zero-order chi connectivity index (χ0) is 15.6. The Morgan fingerprint density at radius 1 is 1.24 bits per heavy atom. The molecule has 2 unspecified atom stereocenters. The molecule has 3 N–H and O–H groups in total. The van der Waals surface area contributed by atoms with E-state index >= 15 is 0 Å².